The molecule has 0 fully saturated rings. The number of benzene rings is 1. The van der Waals surface area contributed by atoms with Crippen LogP contribution in [0.3, 0.4) is 0 Å². The van der Waals surface area contributed by atoms with Crippen LogP contribution in [0.15, 0.2) is 30.7 Å². The van der Waals surface area contributed by atoms with Crippen LogP contribution in [-0.4, -0.2) is 50.2 Å². The van der Waals surface area contributed by atoms with Crippen LogP contribution in [-0.2, 0) is 3.07 Å². The van der Waals surface area contributed by atoms with E-state index >= 15 is 0 Å². The van der Waals surface area contributed by atoms with Gasteiger partial charge in [-0.3, -0.25) is 0 Å². The fourth-order valence-corrected chi connectivity index (χ4v) is 5.27. The Morgan fingerprint density at radius 2 is 2.09 bits per heavy atom. The quantitative estimate of drug-likeness (QED) is 0.222. The molecule has 0 spiro atoms. The molecular formula is C21H24FIN4O5. The van der Waals surface area contributed by atoms with Gasteiger partial charge in [-0.1, -0.05) is 0 Å². The molecule has 11 heteroatoms. The van der Waals surface area contributed by atoms with Crippen molar-refractivity contribution in [2.75, 3.05) is 16.0 Å². The topological polar surface area (TPSA) is 122 Å². The number of alkyl halides is 2. The number of hydrogen-bond acceptors (Lipinski definition) is 6. The summed E-state index contributed by atoms with van der Waals surface area (Å²) in [4.78, 5) is 8.57. The van der Waals surface area contributed by atoms with Gasteiger partial charge in [-0.25, -0.2) is 4.39 Å². The molecule has 0 aliphatic heterocycles. The zero-order valence-corrected chi connectivity index (χ0v) is 20.0. The molecule has 3 heterocycles. The Kier molecular flexibility index (Phi) is 6.14. The number of rotatable bonds is 8. The normalized spacial score (nSPS) is 15.6. The van der Waals surface area contributed by atoms with Crippen LogP contribution >= 0.6 is 18.8 Å². The number of aryl methyl sites for hydroxylation is 2. The van der Waals surface area contributed by atoms with Crippen LogP contribution in [0.1, 0.15) is 17.7 Å². The van der Waals surface area contributed by atoms with E-state index in [4.69, 9.17) is 9.47 Å². The second kappa shape index (κ2) is 8.71. The Bertz CT molecular complexity index is 1330. The number of hydrogen-bond donors (Lipinski definition) is 3. The van der Waals surface area contributed by atoms with E-state index in [1.165, 1.54) is 21.8 Å². The number of aliphatic hydroxyl groups is 1. The molecule has 4 aromatic rings. The van der Waals surface area contributed by atoms with Gasteiger partial charge >= 0.3 is 143 Å². The first kappa shape index (κ1) is 22.6. The number of aliphatic hydroxyl groups excluding tert-OH is 1. The van der Waals surface area contributed by atoms with E-state index in [1.807, 2.05) is 6.92 Å². The minimum absolute atomic E-state index is 0.0330. The Morgan fingerprint density at radius 1 is 1.31 bits per heavy atom. The van der Waals surface area contributed by atoms with Crippen molar-refractivity contribution < 1.29 is 25.5 Å². The summed E-state index contributed by atoms with van der Waals surface area (Å²) in [5, 5.41) is 14.6. The monoisotopic (exact) mass is 558 g/mol. The zero-order valence-electron chi connectivity index (χ0n) is 17.8. The van der Waals surface area contributed by atoms with Crippen LogP contribution < -0.4 is 9.47 Å². The van der Waals surface area contributed by atoms with Crippen molar-refractivity contribution >= 4 is 35.3 Å². The van der Waals surface area contributed by atoms with Gasteiger partial charge in [0.15, 0.2) is 0 Å². The average Bonchev–Trinajstić information content (AvgIpc) is 3.27. The molecular weight excluding hydrogens is 534 g/mol. The van der Waals surface area contributed by atoms with E-state index in [0.717, 1.165) is 5.69 Å². The van der Waals surface area contributed by atoms with Crippen LogP contribution in [0.2, 0.25) is 0 Å². The number of nitrogens with zero attached hydrogens (tertiary/aromatic N) is 3. The van der Waals surface area contributed by atoms with Gasteiger partial charge in [-0.2, -0.15) is 0 Å². The fraction of sp³-hybridized carbons (Fsp3) is 0.333. The SMILES string of the molecule is Cc1cc2c(F)c(Oc3ncnn4cc(OC[C@@H](O)CCI(C)(=O)O)c(C)c34)ccc2[nH]1. The average molecular weight is 558 g/mol. The van der Waals surface area contributed by atoms with Crippen molar-refractivity contribution in [3.05, 3.63) is 47.8 Å². The number of aromatic amines is 1. The Hall–Kier alpha value is -2.64. The number of H-pyrrole nitrogens is 1. The van der Waals surface area contributed by atoms with Gasteiger partial charge in [0.2, 0.25) is 0 Å². The van der Waals surface area contributed by atoms with E-state index in [2.05, 4.69) is 15.1 Å². The summed E-state index contributed by atoms with van der Waals surface area (Å²) in [6, 6.07) is 4.98. The van der Waals surface area contributed by atoms with Gasteiger partial charge in [0.1, 0.15) is 0 Å². The zero-order chi connectivity index (χ0) is 23.0. The number of aromatic nitrogens is 4. The van der Waals surface area contributed by atoms with Crippen LogP contribution in [0.5, 0.6) is 17.4 Å². The smallest absolute Gasteiger partial charge is 0.359 e. The molecule has 0 radical (unpaired) electrons. The maximum absolute atomic E-state index is 15.0. The molecule has 0 aliphatic rings. The van der Waals surface area contributed by atoms with Crippen molar-refractivity contribution in [1.82, 2.24) is 19.6 Å². The van der Waals surface area contributed by atoms with Gasteiger partial charge in [0, 0.05) is 16.6 Å². The second-order valence-corrected chi connectivity index (χ2v) is 13.8. The van der Waals surface area contributed by atoms with Crippen LogP contribution in [0, 0.1) is 19.7 Å². The van der Waals surface area contributed by atoms with E-state index in [-0.39, 0.29) is 29.1 Å². The molecule has 0 bridgehead atoms. The first-order chi connectivity index (χ1) is 15.1. The Morgan fingerprint density at radius 3 is 2.84 bits per heavy atom. The van der Waals surface area contributed by atoms with Gasteiger partial charge in [-0.15, -0.1) is 0 Å². The number of halogens is 2. The summed E-state index contributed by atoms with van der Waals surface area (Å²) in [7, 11) is 0. The Labute approximate surface area is 187 Å². The number of fused-ring (bicyclic) bond motifs is 2. The van der Waals surface area contributed by atoms with Gasteiger partial charge in [0.05, 0.1) is 0 Å². The molecule has 172 valence electrons. The van der Waals surface area contributed by atoms with Gasteiger partial charge in [0.25, 0.3) is 0 Å². The summed E-state index contributed by atoms with van der Waals surface area (Å²) in [6.45, 7) is 3.58. The van der Waals surface area contributed by atoms with Gasteiger partial charge in [-0.05, 0) is 19.1 Å². The molecule has 0 saturated carbocycles. The summed E-state index contributed by atoms with van der Waals surface area (Å²) in [6.07, 6.45) is 2.20. The third-order valence-electron chi connectivity index (χ3n) is 5.01. The minimum Gasteiger partial charge on any atom is -0.359 e. The summed E-state index contributed by atoms with van der Waals surface area (Å²) in [5.74, 6) is 0.145. The fourth-order valence-electron chi connectivity index (χ4n) is 3.39. The molecule has 32 heavy (non-hydrogen) atoms. The van der Waals surface area contributed by atoms with Crippen molar-refractivity contribution in [1.29, 1.82) is 0 Å². The molecule has 2 atom stereocenters. The molecule has 0 aliphatic carbocycles. The maximum atomic E-state index is 15.0. The van der Waals surface area contributed by atoms with E-state index in [1.54, 1.807) is 25.3 Å². The van der Waals surface area contributed by atoms with E-state index < -0.39 is 30.8 Å². The molecule has 9 nitrogen and oxygen atoms in total. The first-order valence-corrected chi connectivity index (χ1v) is 15.4. The number of ether oxygens (including phenoxy) is 2. The molecule has 0 amide bonds. The van der Waals surface area contributed by atoms with Crippen LogP contribution in [0.25, 0.3) is 16.4 Å². The minimum atomic E-state index is -3.87. The molecule has 3 aromatic heterocycles. The van der Waals surface area contributed by atoms with Crippen LogP contribution in [0.4, 0.5) is 4.39 Å². The number of nitrogens with one attached hydrogen (secondary N) is 1. The Balaban J connectivity index is 1.57. The van der Waals surface area contributed by atoms with E-state index in [9.17, 15) is 16.0 Å². The summed E-state index contributed by atoms with van der Waals surface area (Å²) in [5.41, 5.74) is 2.67. The van der Waals surface area contributed by atoms with Crippen molar-refractivity contribution in [2.45, 2.75) is 26.4 Å². The van der Waals surface area contributed by atoms with Gasteiger partial charge < -0.3 is 4.98 Å². The van der Waals surface area contributed by atoms with Crippen molar-refractivity contribution in [2.24, 2.45) is 0 Å². The molecule has 1 unspecified atom stereocenters. The van der Waals surface area contributed by atoms with E-state index in [0.29, 0.717) is 27.7 Å². The molecule has 3 N–H and O–H groups in total. The predicted molar refractivity (Wildman–Crippen MR) is 125 cm³/mol. The summed E-state index contributed by atoms with van der Waals surface area (Å²) < 4.78 is 49.0. The molecule has 0 saturated heterocycles. The molecule has 4 rings (SSSR count). The molecule has 1 aromatic carbocycles. The summed E-state index contributed by atoms with van der Waals surface area (Å²) >= 11 is -3.87. The third-order valence-corrected chi connectivity index (χ3v) is 7.64. The standard InChI is InChI=1S/C21H24FIN4O5/c1-12-8-15-16(26-12)4-5-17(19(15)22)32-21-20-13(2)18(9-27(20)25-11-24-21)31-10-14(28)6-7-23(3,29)30/h4-5,8-9,11,14,26,28H,6-7,10H2,1-3H3,(H,29,30)/t14-/m0/s1. The van der Waals surface area contributed by atoms with Crippen molar-refractivity contribution in [3.63, 3.8) is 0 Å². The first-order valence-electron chi connectivity index (χ1n) is 9.83. The van der Waals surface area contributed by atoms with Crippen molar-refractivity contribution in [3.8, 4) is 17.4 Å². The third kappa shape index (κ3) is 4.74. The predicted octanol–water partition coefficient (Wildman–Crippen LogP) is 3.81. The second-order valence-electron chi connectivity index (χ2n) is 7.70.